The largest absolute Gasteiger partial charge is 0.308 e. The van der Waals surface area contributed by atoms with Crippen LogP contribution in [0.25, 0.3) is 44.5 Å². The molecule has 3 nitrogen and oxygen atoms in total. The van der Waals surface area contributed by atoms with Crippen LogP contribution in [0.15, 0.2) is 207 Å². The third-order valence-corrected chi connectivity index (χ3v) is 21.7. The Morgan fingerprint density at radius 2 is 0.750 bits per heavy atom. The number of aromatic nitrogens is 2. The van der Waals surface area contributed by atoms with Crippen LogP contribution in [-0.2, 0) is 23.6 Å². The molecular formula is C53H37N3P2S2. The van der Waals surface area contributed by atoms with E-state index in [4.69, 9.17) is 23.6 Å². The molecule has 0 saturated heterocycles. The van der Waals surface area contributed by atoms with Gasteiger partial charge in [0.1, 0.15) is 0 Å². The number of nitrogens with zero attached hydrogens (tertiary/aromatic N) is 3. The molecule has 60 heavy (non-hydrogen) atoms. The van der Waals surface area contributed by atoms with E-state index in [2.05, 4.69) is 204 Å². The van der Waals surface area contributed by atoms with Crippen molar-refractivity contribution >= 4 is 84.6 Å². The van der Waals surface area contributed by atoms with Gasteiger partial charge in [-0.15, -0.1) is 0 Å². The molecule has 7 heteroatoms. The van der Waals surface area contributed by atoms with Gasteiger partial charge in [-0.05, 0) is 140 Å². The van der Waals surface area contributed by atoms with Crippen molar-refractivity contribution in [2.45, 2.75) is 6.92 Å². The molecule has 2 aromatic heterocycles. The summed E-state index contributed by atoms with van der Waals surface area (Å²) < 4.78 is 0. The molecule has 2 aliphatic rings. The topological polar surface area (TPSA) is 29.0 Å². The highest BCUT2D eigenvalue weighted by Crippen LogP contribution is 2.61. The Hall–Kier alpha value is -6.06. The van der Waals surface area contributed by atoms with Gasteiger partial charge >= 0.3 is 0 Å². The van der Waals surface area contributed by atoms with Crippen LogP contribution < -0.4 is 36.7 Å². The summed E-state index contributed by atoms with van der Waals surface area (Å²) in [6, 6.07) is 60.9. The summed E-state index contributed by atoms with van der Waals surface area (Å²) >= 11 is 14.5. The summed E-state index contributed by atoms with van der Waals surface area (Å²) in [4.78, 5) is 11.0. The number of fused-ring (bicyclic) bond motifs is 4. The number of anilines is 3. The van der Waals surface area contributed by atoms with Gasteiger partial charge in [0, 0.05) is 58.1 Å². The predicted octanol–water partition coefficient (Wildman–Crippen LogP) is 11.1. The second kappa shape index (κ2) is 14.6. The molecule has 0 radical (unpaired) electrons. The molecule has 2 unspecified atom stereocenters. The van der Waals surface area contributed by atoms with Crippen molar-refractivity contribution < 1.29 is 0 Å². The van der Waals surface area contributed by atoms with E-state index in [1.165, 1.54) is 43.1 Å². The first-order valence-corrected chi connectivity index (χ1v) is 25.6. The molecule has 0 N–H and O–H groups in total. The van der Waals surface area contributed by atoms with Gasteiger partial charge in [-0.3, -0.25) is 9.97 Å². The highest BCUT2D eigenvalue weighted by Gasteiger charge is 2.46. The number of hydrogen-bond donors (Lipinski definition) is 0. The van der Waals surface area contributed by atoms with Gasteiger partial charge in [0.05, 0.1) is 17.1 Å². The van der Waals surface area contributed by atoms with Gasteiger partial charge in [0.2, 0.25) is 0 Å². The van der Waals surface area contributed by atoms with Gasteiger partial charge in [-0.1, -0.05) is 133 Å². The van der Waals surface area contributed by atoms with Crippen LogP contribution in [0.3, 0.4) is 0 Å². The van der Waals surface area contributed by atoms with Crippen molar-refractivity contribution in [2.75, 3.05) is 4.90 Å². The van der Waals surface area contributed by atoms with Gasteiger partial charge in [0.25, 0.3) is 0 Å². The van der Waals surface area contributed by atoms with Gasteiger partial charge in [-0.2, -0.15) is 0 Å². The van der Waals surface area contributed by atoms with Gasteiger partial charge in [0.15, 0.2) is 0 Å². The Morgan fingerprint density at radius 1 is 0.367 bits per heavy atom. The summed E-state index contributed by atoms with van der Waals surface area (Å²) in [5.41, 5.74) is 13.7. The van der Waals surface area contributed by atoms with E-state index in [0.29, 0.717) is 0 Å². The van der Waals surface area contributed by atoms with E-state index in [0.717, 1.165) is 55.9 Å². The van der Waals surface area contributed by atoms with Gasteiger partial charge in [-0.25, -0.2) is 0 Å². The molecule has 9 aromatic rings. The van der Waals surface area contributed by atoms with Crippen LogP contribution in [0.2, 0.25) is 0 Å². The summed E-state index contributed by atoms with van der Waals surface area (Å²) in [5.74, 6) is 0. The molecule has 11 rings (SSSR count). The lowest BCUT2D eigenvalue weighted by Crippen LogP contribution is -2.46. The maximum absolute atomic E-state index is 7.27. The third-order valence-electron chi connectivity index (χ3n) is 11.9. The van der Waals surface area contributed by atoms with Crippen LogP contribution in [0.5, 0.6) is 0 Å². The summed E-state index contributed by atoms with van der Waals surface area (Å²) in [6.45, 7) is 2.21. The number of pyridine rings is 2. The average Bonchev–Trinajstić information content (AvgIpc) is 3.32. The first-order valence-electron chi connectivity index (χ1n) is 20.0. The summed E-state index contributed by atoms with van der Waals surface area (Å²) in [6.07, 6.45) is 7.39. The monoisotopic (exact) mass is 841 g/mol. The van der Waals surface area contributed by atoms with Crippen LogP contribution in [0.4, 0.5) is 17.1 Å². The van der Waals surface area contributed by atoms with E-state index < -0.39 is 12.1 Å². The maximum atomic E-state index is 7.27. The first-order chi connectivity index (χ1) is 29.4. The minimum atomic E-state index is -2.64. The lowest BCUT2D eigenvalue weighted by atomic mass is 9.98. The average molecular weight is 842 g/mol. The Balaban J connectivity index is 1.18. The summed E-state index contributed by atoms with van der Waals surface area (Å²) in [7, 11) is 0. The Kier molecular flexibility index (Phi) is 8.99. The molecule has 0 saturated carbocycles. The fourth-order valence-electron chi connectivity index (χ4n) is 9.05. The van der Waals surface area contributed by atoms with Crippen molar-refractivity contribution in [3.63, 3.8) is 0 Å². The number of benzene rings is 7. The fourth-order valence-corrected chi connectivity index (χ4v) is 17.8. The molecule has 0 bridgehead atoms. The highest BCUT2D eigenvalue weighted by atomic mass is 32.4. The van der Waals surface area contributed by atoms with Crippen molar-refractivity contribution in [1.82, 2.24) is 9.97 Å². The van der Waals surface area contributed by atoms with Crippen LogP contribution >= 0.6 is 12.1 Å². The van der Waals surface area contributed by atoms with Gasteiger partial charge < -0.3 is 4.90 Å². The normalized spacial score (nSPS) is 17.3. The zero-order valence-corrected chi connectivity index (χ0v) is 36.1. The third kappa shape index (κ3) is 5.84. The molecular weight excluding hydrogens is 805 g/mol. The van der Waals surface area contributed by atoms with Crippen molar-refractivity contribution in [3.8, 4) is 44.5 Å². The second-order valence-corrected chi connectivity index (χ2v) is 24.1. The quantitative estimate of drug-likeness (QED) is 0.156. The number of aryl methyl sites for hydroxylation is 1. The van der Waals surface area contributed by atoms with E-state index in [-0.39, 0.29) is 0 Å². The van der Waals surface area contributed by atoms with Crippen molar-refractivity contribution in [3.05, 3.63) is 212 Å². The molecule has 286 valence electrons. The molecule has 0 spiro atoms. The van der Waals surface area contributed by atoms with Crippen molar-refractivity contribution in [2.24, 2.45) is 0 Å². The smallest absolute Gasteiger partial charge is 0.0643 e. The minimum absolute atomic E-state index is 1.12. The van der Waals surface area contributed by atoms with E-state index in [1.54, 1.807) is 0 Å². The number of hydrogen-bond acceptors (Lipinski definition) is 5. The Bertz CT molecular complexity index is 3020. The fraction of sp³-hybridized carbons (Fsp3) is 0.0189. The van der Waals surface area contributed by atoms with E-state index in [1.807, 2.05) is 24.8 Å². The SMILES string of the molecule is Cc1cc2c3c(c1)P(=S)(c1ccccc1)c1cc(-c4cccc(-c5ccncc5)c4)ccc1N3c1ccc(-c3cccc(-c4ccncc4)c3)cc1P2(=S)c1ccccc1. The van der Waals surface area contributed by atoms with Crippen molar-refractivity contribution in [1.29, 1.82) is 0 Å². The molecule has 4 heterocycles. The lowest BCUT2D eigenvalue weighted by molar-refractivity contribution is 1.30. The number of rotatable bonds is 6. The van der Waals surface area contributed by atoms with E-state index >= 15 is 0 Å². The highest BCUT2D eigenvalue weighted by molar-refractivity contribution is 8.27. The molecule has 2 atom stereocenters. The lowest BCUT2D eigenvalue weighted by Gasteiger charge is -2.47. The predicted molar refractivity (Wildman–Crippen MR) is 262 cm³/mol. The second-order valence-electron chi connectivity index (χ2n) is 15.4. The minimum Gasteiger partial charge on any atom is -0.308 e. The van der Waals surface area contributed by atoms with Crippen LogP contribution in [-0.4, -0.2) is 9.97 Å². The molecule has 0 fully saturated rings. The molecule has 0 amide bonds. The first kappa shape index (κ1) is 37.0. The standard InChI is InChI=1S/C53H37N3P2S2/c1-36-30-51-53-52(31-36)58(60,46-16-6-3-7-17-46)50-35-44(42-13-9-11-40(33-42)38-24-28-55-29-25-38)19-21-48(50)56(53)47-20-18-43(34-49(47)57(51,59)45-14-4-2-5-15-45)41-12-8-10-39(32-41)37-22-26-54-27-23-37/h2-35H,1H3. The summed E-state index contributed by atoms with van der Waals surface area (Å²) in [5, 5.41) is 7.15. The molecule has 0 aliphatic carbocycles. The van der Waals surface area contributed by atoms with Crippen LogP contribution in [0, 0.1) is 6.92 Å². The molecule has 2 aliphatic heterocycles. The zero-order chi connectivity index (χ0) is 40.4. The van der Waals surface area contributed by atoms with Crippen LogP contribution in [0.1, 0.15) is 5.56 Å². The molecule has 7 aromatic carbocycles. The Morgan fingerprint density at radius 3 is 1.17 bits per heavy atom. The maximum Gasteiger partial charge on any atom is 0.0643 e. The Labute approximate surface area is 361 Å². The zero-order valence-electron chi connectivity index (χ0n) is 32.7. The van der Waals surface area contributed by atoms with E-state index in [9.17, 15) is 0 Å².